The van der Waals surface area contributed by atoms with Gasteiger partial charge >= 0.3 is 0 Å². The Morgan fingerprint density at radius 1 is 1.36 bits per heavy atom. The van der Waals surface area contributed by atoms with Crippen LogP contribution >= 0.6 is 34.9 Å². The first-order chi connectivity index (χ1) is 12.2. The molecule has 0 fully saturated rings. The topological polar surface area (TPSA) is 98.6 Å². The summed E-state index contributed by atoms with van der Waals surface area (Å²) in [6.07, 6.45) is 2.98. The second kappa shape index (κ2) is 6.86. The molecule has 0 aromatic carbocycles. The number of H-pyrrole nitrogens is 1. The van der Waals surface area contributed by atoms with Crippen molar-refractivity contribution < 1.29 is 4.79 Å². The second-order valence-corrected chi connectivity index (χ2v) is 8.85. The zero-order chi connectivity index (χ0) is 17.4. The number of amides is 1. The highest BCUT2D eigenvalue weighted by atomic mass is 32.2. The molecule has 2 aliphatic rings. The van der Waals surface area contributed by atoms with E-state index in [4.69, 9.17) is 0 Å². The largest absolute Gasteiger partial charge is 0.316 e. The third-order valence-electron chi connectivity index (χ3n) is 4.19. The van der Waals surface area contributed by atoms with Crippen LogP contribution in [0.5, 0.6) is 0 Å². The summed E-state index contributed by atoms with van der Waals surface area (Å²) in [6.45, 7) is 0. The maximum Gasteiger partial charge on any atom is 0.255 e. The number of aromatic nitrogens is 2. The molecule has 128 valence electrons. The number of thioether (sulfide) groups is 2. The minimum absolute atomic E-state index is 0.112. The minimum Gasteiger partial charge on any atom is -0.316 e. The van der Waals surface area contributed by atoms with E-state index in [0.29, 0.717) is 21.5 Å². The van der Waals surface area contributed by atoms with Gasteiger partial charge in [-0.25, -0.2) is 4.98 Å². The third-order valence-corrected chi connectivity index (χ3v) is 7.24. The average Bonchev–Trinajstić information content (AvgIpc) is 3.28. The molecule has 0 spiro atoms. The Morgan fingerprint density at radius 2 is 2.24 bits per heavy atom. The normalized spacial score (nSPS) is 14.8. The number of aromatic amines is 1. The summed E-state index contributed by atoms with van der Waals surface area (Å²) in [5, 5.41) is 13.3. The summed E-state index contributed by atoms with van der Waals surface area (Å²) < 4.78 is 0. The number of carbonyl (C=O) groups excluding carboxylic acids is 1. The summed E-state index contributed by atoms with van der Waals surface area (Å²) in [5.74, 6) is 1.38. The van der Waals surface area contributed by atoms with Crippen molar-refractivity contribution in [3.8, 4) is 6.07 Å². The molecule has 3 heterocycles. The van der Waals surface area contributed by atoms with Gasteiger partial charge in [-0.15, -0.1) is 11.3 Å². The van der Waals surface area contributed by atoms with Crippen molar-refractivity contribution in [2.45, 2.75) is 35.9 Å². The van der Waals surface area contributed by atoms with E-state index in [1.807, 2.05) is 0 Å². The fraction of sp³-hybridized carbons (Fsp3) is 0.375. The van der Waals surface area contributed by atoms with E-state index in [0.717, 1.165) is 41.8 Å². The maximum absolute atomic E-state index is 12.2. The lowest BCUT2D eigenvalue weighted by Gasteiger charge is -2.05. The maximum atomic E-state index is 12.2. The number of rotatable bonds is 4. The second-order valence-electron chi connectivity index (χ2n) is 5.80. The summed E-state index contributed by atoms with van der Waals surface area (Å²) in [5.41, 5.74) is 3.15. The molecule has 0 unspecified atom stereocenters. The lowest BCUT2D eigenvalue weighted by molar-refractivity contribution is -0.113. The minimum atomic E-state index is -0.195. The highest BCUT2D eigenvalue weighted by molar-refractivity contribution is 7.99. The molecule has 0 bridgehead atoms. The monoisotopic (exact) mass is 390 g/mol. The van der Waals surface area contributed by atoms with Gasteiger partial charge in [0.2, 0.25) is 5.91 Å². The Hall–Kier alpha value is -1.76. The number of nitrogens with one attached hydrogen (secondary N) is 2. The van der Waals surface area contributed by atoms with Crippen LogP contribution in [0.1, 0.15) is 33.7 Å². The van der Waals surface area contributed by atoms with Crippen LogP contribution in [0.2, 0.25) is 0 Å². The number of nitrogens with zero attached hydrogens (tertiary/aromatic N) is 2. The van der Waals surface area contributed by atoms with Crippen LogP contribution in [0.4, 0.5) is 5.00 Å². The van der Waals surface area contributed by atoms with Gasteiger partial charge in [0, 0.05) is 21.9 Å². The van der Waals surface area contributed by atoms with Crippen LogP contribution in [-0.2, 0) is 29.1 Å². The summed E-state index contributed by atoms with van der Waals surface area (Å²) >= 11 is 4.37. The molecule has 1 amide bonds. The Morgan fingerprint density at radius 3 is 3.08 bits per heavy atom. The van der Waals surface area contributed by atoms with Crippen molar-refractivity contribution in [2.24, 2.45) is 0 Å². The summed E-state index contributed by atoms with van der Waals surface area (Å²) in [6, 6.07) is 2.22. The molecule has 4 rings (SSSR count). The zero-order valence-corrected chi connectivity index (χ0v) is 15.6. The van der Waals surface area contributed by atoms with Gasteiger partial charge < -0.3 is 10.3 Å². The first-order valence-electron chi connectivity index (χ1n) is 7.83. The van der Waals surface area contributed by atoms with Crippen LogP contribution in [0.3, 0.4) is 0 Å². The third kappa shape index (κ3) is 3.21. The standard InChI is InChI=1S/C16H14N4O2S3/c17-4-9-8-2-1-3-12(8)25-15(9)19-13(21)7-24-16-18-11-6-23-5-10(11)14(22)20-16/h1-3,5-7H2,(H,19,21)(H,18,20,22). The molecule has 2 N–H and O–H groups in total. The van der Waals surface area contributed by atoms with E-state index in [1.54, 1.807) is 11.8 Å². The van der Waals surface area contributed by atoms with Gasteiger partial charge in [-0.2, -0.15) is 17.0 Å². The van der Waals surface area contributed by atoms with Crippen molar-refractivity contribution in [1.82, 2.24) is 9.97 Å². The molecule has 1 aliphatic heterocycles. The number of fused-ring (bicyclic) bond motifs is 2. The first-order valence-corrected chi connectivity index (χ1v) is 10.8. The highest BCUT2D eigenvalue weighted by Crippen LogP contribution is 2.38. The lowest BCUT2D eigenvalue weighted by atomic mass is 10.1. The smallest absolute Gasteiger partial charge is 0.255 e. The SMILES string of the molecule is N#Cc1c(NC(=O)CSc2nc3c(c(=O)[nH]2)CSC3)sc2c1CCC2. The van der Waals surface area contributed by atoms with Crippen molar-refractivity contribution in [3.05, 3.63) is 37.6 Å². The number of aryl methyl sites for hydroxylation is 1. The van der Waals surface area contributed by atoms with Gasteiger partial charge in [-0.3, -0.25) is 9.59 Å². The predicted octanol–water partition coefficient (Wildman–Crippen LogP) is 2.67. The van der Waals surface area contributed by atoms with Gasteiger partial charge in [0.1, 0.15) is 11.1 Å². The highest BCUT2D eigenvalue weighted by Gasteiger charge is 2.23. The van der Waals surface area contributed by atoms with E-state index < -0.39 is 0 Å². The van der Waals surface area contributed by atoms with Gasteiger partial charge in [0.05, 0.1) is 17.0 Å². The molecule has 25 heavy (non-hydrogen) atoms. The molecule has 1 aliphatic carbocycles. The molecule has 2 aromatic rings. The Kier molecular flexibility index (Phi) is 4.58. The van der Waals surface area contributed by atoms with Gasteiger partial charge in [-0.1, -0.05) is 11.8 Å². The molecular weight excluding hydrogens is 376 g/mol. The van der Waals surface area contributed by atoms with E-state index in [9.17, 15) is 14.9 Å². The molecule has 6 nitrogen and oxygen atoms in total. The Bertz CT molecular complexity index is 958. The molecule has 2 aromatic heterocycles. The van der Waals surface area contributed by atoms with Crippen molar-refractivity contribution in [2.75, 3.05) is 11.1 Å². The Labute approximate surface area is 156 Å². The van der Waals surface area contributed by atoms with Crippen LogP contribution in [0.15, 0.2) is 9.95 Å². The summed E-state index contributed by atoms with van der Waals surface area (Å²) in [4.78, 5) is 32.6. The number of anilines is 1. The van der Waals surface area contributed by atoms with Gasteiger partial charge in [0.25, 0.3) is 5.56 Å². The molecule has 9 heteroatoms. The van der Waals surface area contributed by atoms with E-state index in [1.165, 1.54) is 28.0 Å². The van der Waals surface area contributed by atoms with Crippen LogP contribution < -0.4 is 10.9 Å². The lowest BCUT2D eigenvalue weighted by Crippen LogP contribution is -2.17. The van der Waals surface area contributed by atoms with E-state index in [-0.39, 0.29) is 17.2 Å². The molecule has 0 saturated carbocycles. The zero-order valence-electron chi connectivity index (χ0n) is 13.2. The molecular formula is C16H14N4O2S3. The number of nitriles is 1. The van der Waals surface area contributed by atoms with E-state index in [2.05, 4.69) is 21.4 Å². The van der Waals surface area contributed by atoms with Crippen LogP contribution in [-0.4, -0.2) is 21.6 Å². The summed E-state index contributed by atoms with van der Waals surface area (Å²) in [7, 11) is 0. The first kappa shape index (κ1) is 16.7. The van der Waals surface area contributed by atoms with Crippen LogP contribution in [0, 0.1) is 11.3 Å². The number of thiophene rings is 1. The molecule has 0 radical (unpaired) electrons. The fourth-order valence-corrected chi connectivity index (χ4v) is 5.99. The number of hydrogen-bond donors (Lipinski definition) is 2. The quantitative estimate of drug-likeness (QED) is 0.615. The van der Waals surface area contributed by atoms with Crippen molar-refractivity contribution >= 4 is 45.8 Å². The van der Waals surface area contributed by atoms with Gasteiger partial charge in [-0.05, 0) is 24.8 Å². The fourth-order valence-electron chi connectivity index (χ4n) is 3.02. The predicted molar refractivity (Wildman–Crippen MR) is 100 cm³/mol. The Balaban J connectivity index is 1.43. The molecule has 0 atom stereocenters. The van der Waals surface area contributed by atoms with E-state index >= 15 is 0 Å². The number of carbonyl (C=O) groups is 1. The van der Waals surface area contributed by atoms with Gasteiger partial charge in [0.15, 0.2) is 5.16 Å². The molecule has 0 saturated heterocycles. The van der Waals surface area contributed by atoms with Crippen molar-refractivity contribution in [3.63, 3.8) is 0 Å². The van der Waals surface area contributed by atoms with Crippen LogP contribution in [0.25, 0.3) is 0 Å². The van der Waals surface area contributed by atoms with Crippen molar-refractivity contribution in [1.29, 1.82) is 5.26 Å². The average molecular weight is 391 g/mol. The number of hydrogen-bond acceptors (Lipinski definition) is 7.